The van der Waals surface area contributed by atoms with Crippen LogP contribution in [0.25, 0.3) is 11.0 Å². The van der Waals surface area contributed by atoms with Gasteiger partial charge in [0, 0.05) is 45.2 Å². The van der Waals surface area contributed by atoms with Crippen molar-refractivity contribution in [3.63, 3.8) is 0 Å². The Kier molecular flexibility index (Phi) is 5.79. The van der Waals surface area contributed by atoms with Crippen molar-refractivity contribution in [2.45, 2.75) is 51.1 Å². The third-order valence-corrected chi connectivity index (χ3v) is 7.61. The fourth-order valence-electron chi connectivity index (χ4n) is 5.69. The predicted octanol–water partition coefficient (Wildman–Crippen LogP) is 2.87. The van der Waals surface area contributed by atoms with Gasteiger partial charge in [-0.15, -0.1) is 0 Å². The lowest BCUT2D eigenvalue weighted by molar-refractivity contribution is -0.136. The summed E-state index contributed by atoms with van der Waals surface area (Å²) in [5, 5.41) is 0. The van der Waals surface area contributed by atoms with Crippen molar-refractivity contribution >= 4 is 16.9 Å². The molecule has 0 spiro atoms. The fraction of sp³-hybridized carbons (Fsp3) is 0.667. The first kappa shape index (κ1) is 20.0. The summed E-state index contributed by atoms with van der Waals surface area (Å²) in [7, 11) is 2.13. The van der Waals surface area contributed by atoms with Gasteiger partial charge in [-0.05, 0) is 63.7 Å². The minimum Gasteiger partial charge on any atom is -0.342 e. The van der Waals surface area contributed by atoms with Gasteiger partial charge in [0.2, 0.25) is 5.91 Å². The number of hydrogen-bond acceptors (Lipinski definition) is 4. The van der Waals surface area contributed by atoms with Crippen molar-refractivity contribution in [3.8, 4) is 0 Å². The molecule has 0 saturated carbocycles. The Bertz CT molecular complexity index is 871. The van der Waals surface area contributed by atoms with E-state index in [0.717, 1.165) is 70.0 Å². The molecular weight excluding hydrogens is 374 g/mol. The van der Waals surface area contributed by atoms with Crippen molar-refractivity contribution in [1.29, 1.82) is 0 Å². The molecule has 162 valence electrons. The number of carbonyl (C=O) groups excluding carboxylic acids is 1. The minimum absolute atomic E-state index is 0.275. The number of hydrogen-bond donors (Lipinski definition) is 0. The first-order valence-electron chi connectivity index (χ1n) is 11.8. The number of carbonyl (C=O) groups is 1. The summed E-state index contributed by atoms with van der Waals surface area (Å²) in [4.78, 5) is 24.9. The number of benzene rings is 1. The van der Waals surface area contributed by atoms with Gasteiger partial charge in [-0.3, -0.25) is 9.69 Å². The Balaban J connectivity index is 1.10. The average Bonchev–Trinajstić information content (AvgIpc) is 3.43. The van der Waals surface area contributed by atoms with Crippen LogP contribution in [0.15, 0.2) is 24.3 Å². The molecule has 0 N–H and O–H groups in total. The fourth-order valence-corrected chi connectivity index (χ4v) is 5.69. The van der Waals surface area contributed by atoms with Crippen molar-refractivity contribution < 1.29 is 4.79 Å². The first-order chi connectivity index (χ1) is 14.7. The number of piperidine rings is 2. The SMILES string of the molecule is Cn1c(CN2CCC(N3CCC(C(=O)N4CCCC4)CC3)CC2)nc2ccccc21. The molecule has 1 aromatic heterocycles. The van der Waals surface area contributed by atoms with Gasteiger partial charge in [0.05, 0.1) is 17.6 Å². The highest BCUT2D eigenvalue weighted by Crippen LogP contribution is 2.27. The highest BCUT2D eigenvalue weighted by atomic mass is 16.2. The zero-order valence-electron chi connectivity index (χ0n) is 18.3. The maximum atomic E-state index is 12.7. The van der Waals surface area contributed by atoms with E-state index in [1.54, 1.807) is 0 Å². The number of amides is 1. The highest BCUT2D eigenvalue weighted by molar-refractivity contribution is 5.79. The van der Waals surface area contributed by atoms with Crippen LogP contribution in [-0.2, 0) is 18.4 Å². The molecule has 4 heterocycles. The van der Waals surface area contributed by atoms with Gasteiger partial charge in [-0.2, -0.15) is 0 Å². The molecule has 3 aliphatic rings. The summed E-state index contributed by atoms with van der Waals surface area (Å²) < 4.78 is 2.24. The van der Waals surface area contributed by atoms with E-state index >= 15 is 0 Å². The Morgan fingerprint density at radius 2 is 1.67 bits per heavy atom. The topological polar surface area (TPSA) is 44.6 Å². The van der Waals surface area contributed by atoms with Crippen molar-refractivity contribution in [1.82, 2.24) is 24.3 Å². The summed E-state index contributed by atoms with van der Waals surface area (Å²) in [5.74, 6) is 1.87. The Morgan fingerprint density at radius 1 is 0.967 bits per heavy atom. The zero-order valence-corrected chi connectivity index (χ0v) is 18.3. The van der Waals surface area contributed by atoms with E-state index in [9.17, 15) is 4.79 Å². The number of para-hydroxylation sites is 2. The van der Waals surface area contributed by atoms with Crippen LogP contribution >= 0.6 is 0 Å². The van der Waals surface area contributed by atoms with E-state index < -0.39 is 0 Å². The van der Waals surface area contributed by atoms with E-state index in [1.807, 2.05) is 0 Å². The second-order valence-electron chi connectivity index (χ2n) is 9.43. The van der Waals surface area contributed by atoms with Gasteiger partial charge in [0.25, 0.3) is 0 Å². The van der Waals surface area contributed by atoms with Crippen LogP contribution in [0, 0.1) is 5.92 Å². The minimum atomic E-state index is 0.275. The first-order valence-corrected chi connectivity index (χ1v) is 11.8. The molecule has 1 aromatic carbocycles. The number of aromatic nitrogens is 2. The third kappa shape index (κ3) is 4.00. The molecule has 5 rings (SSSR count). The van der Waals surface area contributed by atoms with Gasteiger partial charge in [0.15, 0.2) is 0 Å². The van der Waals surface area contributed by atoms with Gasteiger partial charge in [-0.1, -0.05) is 12.1 Å². The van der Waals surface area contributed by atoms with Crippen molar-refractivity contribution in [3.05, 3.63) is 30.1 Å². The van der Waals surface area contributed by atoms with Crippen LogP contribution in [0.5, 0.6) is 0 Å². The van der Waals surface area contributed by atoms with Crippen LogP contribution in [-0.4, -0.2) is 75.5 Å². The third-order valence-electron chi connectivity index (χ3n) is 7.61. The Morgan fingerprint density at radius 3 is 2.37 bits per heavy atom. The van der Waals surface area contributed by atoms with E-state index in [-0.39, 0.29) is 5.92 Å². The molecule has 0 atom stereocenters. The van der Waals surface area contributed by atoms with Crippen LogP contribution < -0.4 is 0 Å². The normalized spacial score (nSPS) is 22.9. The summed E-state index contributed by atoms with van der Waals surface area (Å²) in [5.41, 5.74) is 2.31. The molecular formula is C24H35N5O. The number of likely N-dealkylation sites (tertiary alicyclic amines) is 3. The van der Waals surface area contributed by atoms with Crippen LogP contribution in [0.4, 0.5) is 0 Å². The van der Waals surface area contributed by atoms with E-state index in [0.29, 0.717) is 11.9 Å². The molecule has 3 aliphatic heterocycles. The summed E-state index contributed by atoms with van der Waals surface area (Å²) in [6.45, 7) is 7.39. The molecule has 3 saturated heterocycles. The van der Waals surface area contributed by atoms with Gasteiger partial charge >= 0.3 is 0 Å². The monoisotopic (exact) mass is 409 g/mol. The molecule has 30 heavy (non-hydrogen) atoms. The number of imidazole rings is 1. The van der Waals surface area contributed by atoms with E-state index in [1.165, 1.54) is 31.2 Å². The lowest BCUT2D eigenvalue weighted by Crippen LogP contribution is -2.49. The molecule has 0 bridgehead atoms. The molecule has 1 amide bonds. The van der Waals surface area contributed by atoms with E-state index in [2.05, 4.69) is 50.6 Å². The molecule has 2 aromatic rings. The lowest BCUT2D eigenvalue weighted by Gasteiger charge is -2.41. The standard InChI is InChI=1S/C24H35N5O/c1-26-22-7-3-2-6-21(22)25-23(26)18-27-14-10-20(11-15-27)28-16-8-19(9-17-28)24(30)29-12-4-5-13-29/h2-3,6-7,19-20H,4-5,8-18H2,1H3. The maximum Gasteiger partial charge on any atom is 0.225 e. The average molecular weight is 410 g/mol. The zero-order chi connectivity index (χ0) is 20.5. The Hall–Kier alpha value is -1.92. The van der Waals surface area contributed by atoms with Crippen molar-refractivity contribution in [2.24, 2.45) is 13.0 Å². The number of rotatable bonds is 4. The summed E-state index contributed by atoms with van der Waals surface area (Å²) in [6, 6.07) is 9.08. The van der Waals surface area contributed by atoms with E-state index in [4.69, 9.17) is 4.98 Å². The highest BCUT2D eigenvalue weighted by Gasteiger charge is 2.33. The molecule has 0 unspecified atom stereocenters. The number of aryl methyl sites for hydroxylation is 1. The molecule has 6 nitrogen and oxygen atoms in total. The summed E-state index contributed by atoms with van der Waals surface area (Å²) >= 11 is 0. The smallest absolute Gasteiger partial charge is 0.225 e. The lowest BCUT2D eigenvalue weighted by atomic mass is 9.92. The predicted molar refractivity (Wildman–Crippen MR) is 119 cm³/mol. The largest absolute Gasteiger partial charge is 0.342 e. The van der Waals surface area contributed by atoms with Crippen LogP contribution in [0.3, 0.4) is 0 Å². The van der Waals surface area contributed by atoms with Crippen LogP contribution in [0.2, 0.25) is 0 Å². The van der Waals surface area contributed by atoms with Crippen LogP contribution in [0.1, 0.15) is 44.3 Å². The number of nitrogens with zero attached hydrogens (tertiary/aromatic N) is 5. The molecule has 3 fully saturated rings. The van der Waals surface area contributed by atoms with Crippen molar-refractivity contribution in [2.75, 3.05) is 39.3 Å². The maximum absolute atomic E-state index is 12.7. The van der Waals surface area contributed by atoms with Gasteiger partial charge < -0.3 is 14.4 Å². The molecule has 6 heteroatoms. The second kappa shape index (κ2) is 8.67. The van der Waals surface area contributed by atoms with Gasteiger partial charge in [-0.25, -0.2) is 4.98 Å². The quantitative estimate of drug-likeness (QED) is 0.779. The van der Waals surface area contributed by atoms with Gasteiger partial charge in [0.1, 0.15) is 5.82 Å². The number of fused-ring (bicyclic) bond motifs is 1. The molecule has 0 radical (unpaired) electrons. The molecule has 0 aliphatic carbocycles. The summed E-state index contributed by atoms with van der Waals surface area (Å²) in [6.07, 6.45) is 6.95. The Labute approximate surface area is 179 Å². The second-order valence-corrected chi connectivity index (χ2v) is 9.43.